The number of rotatable bonds is 4. The van der Waals surface area contributed by atoms with Crippen molar-refractivity contribution in [3.8, 4) is 0 Å². The molecule has 0 bridgehead atoms. The summed E-state index contributed by atoms with van der Waals surface area (Å²) in [5.41, 5.74) is -0.411. The second-order valence-corrected chi connectivity index (χ2v) is 3.50. The van der Waals surface area contributed by atoms with Gasteiger partial charge in [0.1, 0.15) is 5.78 Å². The SMILES string of the molecule is CCCC(=O)Cc1ccc(C(F)(F)F)cn1. The third-order valence-corrected chi connectivity index (χ3v) is 2.06. The highest BCUT2D eigenvalue weighted by atomic mass is 19.4. The molecular weight excluding hydrogens is 219 g/mol. The van der Waals surface area contributed by atoms with E-state index in [1.165, 1.54) is 6.07 Å². The highest BCUT2D eigenvalue weighted by Crippen LogP contribution is 2.28. The van der Waals surface area contributed by atoms with E-state index in [2.05, 4.69) is 4.98 Å². The molecule has 0 unspecified atom stereocenters. The number of hydrogen-bond acceptors (Lipinski definition) is 2. The fraction of sp³-hybridized carbons (Fsp3) is 0.455. The van der Waals surface area contributed by atoms with E-state index in [0.717, 1.165) is 18.7 Å². The van der Waals surface area contributed by atoms with Crippen LogP contribution >= 0.6 is 0 Å². The Balaban J connectivity index is 2.69. The highest BCUT2D eigenvalue weighted by Gasteiger charge is 2.30. The Bertz CT molecular complexity index is 356. The summed E-state index contributed by atoms with van der Waals surface area (Å²) in [5, 5.41) is 0. The smallest absolute Gasteiger partial charge is 0.299 e. The van der Waals surface area contributed by atoms with Crippen molar-refractivity contribution in [1.82, 2.24) is 4.98 Å². The van der Waals surface area contributed by atoms with Gasteiger partial charge in [0.25, 0.3) is 0 Å². The molecule has 0 aliphatic carbocycles. The molecule has 1 aromatic heterocycles. The fourth-order valence-electron chi connectivity index (χ4n) is 1.27. The van der Waals surface area contributed by atoms with Crippen LogP contribution in [0.2, 0.25) is 0 Å². The Morgan fingerprint density at radius 3 is 2.50 bits per heavy atom. The summed E-state index contributed by atoms with van der Waals surface area (Å²) in [7, 11) is 0. The highest BCUT2D eigenvalue weighted by molar-refractivity contribution is 5.80. The van der Waals surface area contributed by atoms with E-state index in [1.807, 2.05) is 6.92 Å². The normalized spacial score (nSPS) is 11.5. The molecule has 0 N–H and O–H groups in total. The Labute approximate surface area is 91.5 Å². The number of nitrogens with zero attached hydrogens (tertiary/aromatic N) is 1. The molecule has 0 atom stereocenters. The Morgan fingerprint density at radius 1 is 1.38 bits per heavy atom. The molecule has 0 aliphatic rings. The summed E-state index contributed by atoms with van der Waals surface area (Å²) in [4.78, 5) is 14.9. The summed E-state index contributed by atoms with van der Waals surface area (Å²) in [5.74, 6) is -0.00485. The van der Waals surface area contributed by atoms with Crippen LogP contribution in [0.4, 0.5) is 13.2 Å². The van der Waals surface area contributed by atoms with Gasteiger partial charge in [-0.2, -0.15) is 13.2 Å². The number of Topliss-reactive ketones (excluding diaryl/α,β-unsaturated/α-hetero) is 1. The molecule has 0 saturated heterocycles. The first-order valence-corrected chi connectivity index (χ1v) is 4.97. The topological polar surface area (TPSA) is 30.0 Å². The van der Waals surface area contributed by atoms with Gasteiger partial charge >= 0.3 is 6.18 Å². The minimum Gasteiger partial charge on any atom is -0.299 e. The zero-order chi connectivity index (χ0) is 12.2. The Hall–Kier alpha value is -1.39. The summed E-state index contributed by atoms with van der Waals surface area (Å²) in [6.45, 7) is 1.87. The monoisotopic (exact) mass is 231 g/mol. The molecule has 1 aromatic rings. The van der Waals surface area contributed by atoms with E-state index in [1.54, 1.807) is 0 Å². The van der Waals surface area contributed by atoms with E-state index in [-0.39, 0.29) is 12.2 Å². The minimum atomic E-state index is -4.38. The van der Waals surface area contributed by atoms with Crippen molar-refractivity contribution in [2.45, 2.75) is 32.4 Å². The average molecular weight is 231 g/mol. The lowest BCUT2D eigenvalue weighted by atomic mass is 10.1. The maximum absolute atomic E-state index is 12.2. The summed E-state index contributed by atoms with van der Waals surface area (Å²) in [6, 6.07) is 2.19. The molecule has 0 radical (unpaired) electrons. The van der Waals surface area contributed by atoms with E-state index in [0.29, 0.717) is 12.1 Å². The molecule has 1 rings (SSSR count). The number of pyridine rings is 1. The van der Waals surface area contributed by atoms with Gasteiger partial charge in [-0.1, -0.05) is 6.92 Å². The molecule has 0 aromatic carbocycles. The van der Waals surface area contributed by atoms with E-state index in [9.17, 15) is 18.0 Å². The van der Waals surface area contributed by atoms with Crippen LogP contribution in [0.25, 0.3) is 0 Å². The number of alkyl halides is 3. The summed E-state index contributed by atoms with van der Waals surface area (Å²) in [6.07, 6.45) is -2.35. The van der Waals surface area contributed by atoms with Gasteiger partial charge in [-0.25, -0.2) is 0 Å². The van der Waals surface area contributed by atoms with Crippen LogP contribution in [0.5, 0.6) is 0 Å². The standard InChI is InChI=1S/C11H12F3NO/c1-2-3-10(16)6-9-5-4-8(7-15-9)11(12,13)14/h4-5,7H,2-3,6H2,1H3. The summed E-state index contributed by atoms with van der Waals surface area (Å²) < 4.78 is 36.6. The third-order valence-electron chi connectivity index (χ3n) is 2.06. The molecule has 0 saturated carbocycles. The molecule has 5 heteroatoms. The third kappa shape index (κ3) is 3.64. The second kappa shape index (κ2) is 5.09. The van der Waals surface area contributed by atoms with Crippen molar-refractivity contribution >= 4 is 5.78 Å². The maximum Gasteiger partial charge on any atom is 0.417 e. The van der Waals surface area contributed by atoms with Gasteiger partial charge in [-0.05, 0) is 18.6 Å². The number of halogens is 3. The lowest BCUT2D eigenvalue weighted by molar-refractivity contribution is -0.137. The van der Waals surface area contributed by atoms with Crippen molar-refractivity contribution in [2.24, 2.45) is 0 Å². The molecule has 16 heavy (non-hydrogen) atoms. The minimum absolute atomic E-state index is 0.00485. The van der Waals surface area contributed by atoms with E-state index < -0.39 is 11.7 Å². The van der Waals surface area contributed by atoms with Gasteiger partial charge in [0, 0.05) is 24.7 Å². The molecule has 0 spiro atoms. The molecule has 88 valence electrons. The predicted molar refractivity (Wildman–Crippen MR) is 52.9 cm³/mol. The second-order valence-electron chi connectivity index (χ2n) is 3.50. The number of aromatic nitrogens is 1. The van der Waals surface area contributed by atoms with Crippen LogP contribution in [0.3, 0.4) is 0 Å². The molecule has 2 nitrogen and oxygen atoms in total. The number of hydrogen-bond donors (Lipinski definition) is 0. The lowest BCUT2D eigenvalue weighted by Crippen LogP contribution is -2.08. The van der Waals surface area contributed by atoms with Gasteiger partial charge in [0.2, 0.25) is 0 Å². The van der Waals surface area contributed by atoms with Crippen LogP contribution in [-0.2, 0) is 17.4 Å². The summed E-state index contributed by atoms with van der Waals surface area (Å²) >= 11 is 0. The number of carbonyl (C=O) groups is 1. The van der Waals surface area contributed by atoms with Crippen molar-refractivity contribution in [1.29, 1.82) is 0 Å². The van der Waals surface area contributed by atoms with Crippen molar-refractivity contribution < 1.29 is 18.0 Å². The van der Waals surface area contributed by atoms with Gasteiger partial charge in [0.05, 0.1) is 5.56 Å². The first kappa shape index (κ1) is 12.7. The quantitative estimate of drug-likeness (QED) is 0.797. The zero-order valence-electron chi connectivity index (χ0n) is 8.84. The van der Waals surface area contributed by atoms with Gasteiger partial charge < -0.3 is 0 Å². The van der Waals surface area contributed by atoms with Crippen molar-refractivity contribution in [3.63, 3.8) is 0 Å². The van der Waals surface area contributed by atoms with Crippen LogP contribution in [-0.4, -0.2) is 10.8 Å². The largest absolute Gasteiger partial charge is 0.417 e. The predicted octanol–water partition coefficient (Wildman–Crippen LogP) is 3.01. The van der Waals surface area contributed by atoms with Crippen LogP contribution in [0.1, 0.15) is 31.0 Å². The number of carbonyl (C=O) groups excluding carboxylic acids is 1. The Morgan fingerprint density at radius 2 is 2.06 bits per heavy atom. The van der Waals surface area contributed by atoms with Gasteiger partial charge in [-0.3, -0.25) is 9.78 Å². The number of ketones is 1. The fourth-order valence-corrected chi connectivity index (χ4v) is 1.27. The lowest BCUT2D eigenvalue weighted by Gasteiger charge is -2.06. The zero-order valence-corrected chi connectivity index (χ0v) is 8.84. The average Bonchev–Trinajstić information content (AvgIpc) is 2.17. The maximum atomic E-state index is 12.2. The van der Waals surface area contributed by atoms with E-state index in [4.69, 9.17) is 0 Å². The van der Waals surface area contributed by atoms with Crippen molar-refractivity contribution in [2.75, 3.05) is 0 Å². The van der Waals surface area contributed by atoms with Crippen molar-refractivity contribution in [3.05, 3.63) is 29.6 Å². The Kier molecular flexibility index (Phi) is 4.04. The van der Waals surface area contributed by atoms with Crippen LogP contribution < -0.4 is 0 Å². The van der Waals surface area contributed by atoms with Crippen LogP contribution in [0.15, 0.2) is 18.3 Å². The molecular formula is C11H12F3NO. The molecule has 1 heterocycles. The first-order valence-electron chi connectivity index (χ1n) is 4.97. The van der Waals surface area contributed by atoms with Gasteiger partial charge in [0.15, 0.2) is 0 Å². The molecule has 0 amide bonds. The first-order chi connectivity index (χ1) is 7.43. The van der Waals surface area contributed by atoms with E-state index >= 15 is 0 Å². The van der Waals surface area contributed by atoms with Crippen LogP contribution in [0, 0.1) is 0 Å². The molecule has 0 fully saturated rings. The molecule has 0 aliphatic heterocycles. The van der Waals surface area contributed by atoms with Gasteiger partial charge in [-0.15, -0.1) is 0 Å².